The number of esters is 1. The van der Waals surface area contributed by atoms with Gasteiger partial charge in [-0.15, -0.1) is 0 Å². The number of carbonyl (C=O) groups is 1. The molecular formula is C30H37FN2O2. The molecule has 0 N–H and O–H groups in total. The van der Waals surface area contributed by atoms with Gasteiger partial charge in [0, 0.05) is 18.0 Å². The first-order valence-electron chi connectivity index (χ1n) is 13.0. The van der Waals surface area contributed by atoms with Crippen LogP contribution in [0.3, 0.4) is 0 Å². The van der Waals surface area contributed by atoms with Crippen LogP contribution in [0, 0.1) is 5.82 Å². The first-order chi connectivity index (χ1) is 17.1. The summed E-state index contributed by atoms with van der Waals surface area (Å²) in [5, 5.41) is 0. The molecule has 0 atom stereocenters. The molecule has 0 amide bonds. The SMILES string of the molecule is CCCCCCCCCCc1cnc(-c2ccc(C(=O)Oc3ccc(CCC)cc3F)cc2)nc1. The second-order valence-corrected chi connectivity index (χ2v) is 9.12. The number of hydrogen-bond donors (Lipinski definition) is 0. The molecule has 3 aromatic rings. The maximum atomic E-state index is 14.2. The van der Waals surface area contributed by atoms with Gasteiger partial charge >= 0.3 is 5.97 Å². The summed E-state index contributed by atoms with van der Waals surface area (Å²) in [5.41, 5.74) is 3.19. The zero-order valence-corrected chi connectivity index (χ0v) is 21.1. The van der Waals surface area contributed by atoms with Gasteiger partial charge in [0.2, 0.25) is 0 Å². The molecule has 4 nitrogen and oxygen atoms in total. The topological polar surface area (TPSA) is 52.1 Å². The molecule has 1 heterocycles. The number of carbonyl (C=O) groups excluding carboxylic acids is 1. The molecule has 0 fully saturated rings. The van der Waals surface area contributed by atoms with E-state index in [1.54, 1.807) is 30.3 Å². The van der Waals surface area contributed by atoms with Crippen molar-refractivity contribution in [3.8, 4) is 17.1 Å². The van der Waals surface area contributed by atoms with Crippen LogP contribution in [0.1, 0.15) is 93.1 Å². The molecule has 0 unspecified atom stereocenters. The van der Waals surface area contributed by atoms with Gasteiger partial charge in [-0.3, -0.25) is 0 Å². The number of halogens is 1. The minimum absolute atomic E-state index is 0.0608. The summed E-state index contributed by atoms with van der Waals surface area (Å²) in [7, 11) is 0. The summed E-state index contributed by atoms with van der Waals surface area (Å²) in [6.45, 7) is 4.28. The van der Waals surface area contributed by atoms with Gasteiger partial charge in [0.05, 0.1) is 5.56 Å². The van der Waals surface area contributed by atoms with Crippen LogP contribution >= 0.6 is 0 Å². The van der Waals surface area contributed by atoms with Crippen LogP contribution in [0.25, 0.3) is 11.4 Å². The van der Waals surface area contributed by atoms with Crippen LogP contribution in [0.15, 0.2) is 54.9 Å². The minimum Gasteiger partial charge on any atom is -0.420 e. The Morgan fingerprint density at radius 3 is 2.06 bits per heavy atom. The van der Waals surface area contributed by atoms with E-state index in [1.165, 1.54) is 57.1 Å². The number of benzene rings is 2. The number of rotatable bonds is 14. The Hall–Kier alpha value is -3.08. The van der Waals surface area contributed by atoms with Crippen LogP contribution in [-0.2, 0) is 12.8 Å². The van der Waals surface area contributed by atoms with Crippen molar-refractivity contribution in [3.63, 3.8) is 0 Å². The molecule has 0 bridgehead atoms. The highest BCUT2D eigenvalue weighted by atomic mass is 19.1. The monoisotopic (exact) mass is 476 g/mol. The van der Waals surface area contributed by atoms with Gasteiger partial charge in [-0.1, -0.05) is 83.4 Å². The zero-order chi connectivity index (χ0) is 24.9. The lowest BCUT2D eigenvalue weighted by molar-refractivity contribution is 0.0728. The van der Waals surface area contributed by atoms with Crippen molar-refractivity contribution in [2.75, 3.05) is 0 Å². The number of ether oxygens (including phenoxy) is 1. The van der Waals surface area contributed by atoms with E-state index in [-0.39, 0.29) is 5.75 Å². The summed E-state index contributed by atoms with van der Waals surface area (Å²) in [6.07, 6.45) is 16.9. The summed E-state index contributed by atoms with van der Waals surface area (Å²) < 4.78 is 19.5. The van der Waals surface area contributed by atoms with Crippen molar-refractivity contribution in [2.45, 2.75) is 84.5 Å². The van der Waals surface area contributed by atoms with E-state index in [1.807, 2.05) is 19.3 Å². The average molecular weight is 477 g/mol. The van der Waals surface area contributed by atoms with Crippen molar-refractivity contribution < 1.29 is 13.9 Å². The van der Waals surface area contributed by atoms with E-state index in [0.29, 0.717) is 11.4 Å². The number of hydrogen-bond acceptors (Lipinski definition) is 4. The predicted octanol–water partition coefficient (Wildman–Crippen LogP) is 8.14. The highest BCUT2D eigenvalue weighted by Crippen LogP contribution is 2.22. The van der Waals surface area contributed by atoms with Crippen molar-refractivity contribution >= 4 is 5.97 Å². The Labute approximate surface area is 209 Å². The molecule has 5 heteroatoms. The lowest BCUT2D eigenvalue weighted by Gasteiger charge is -2.08. The van der Waals surface area contributed by atoms with E-state index < -0.39 is 11.8 Å². The van der Waals surface area contributed by atoms with Crippen LogP contribution in [0.2, 0.25) is 0 Å². The molecule has 2 aromatic carbocycles. The molecular weight excluding hydrogens is 439 g/mol. The fraction of sp³-hybridized carbons (Fsp3) is 0.433. The molecule has 186 valence electrons. The average Bonchev–Trinajstić information content (AvgIpc) is 2.88. The molecule has 0 aliphatic rings. The second kappa shape index (κ2) is 14.3. The third-order valence-electron chi connectivity index (χ3n) is 6.14. The maximum absolute atomic E-state index is 14.2. The zero-order valence-electron chi connectivity index (χ0n) is 21.1. The van der Waals surface area contributed by atoms with Crippen molar-refractivity contribution in [1.82, 2.24) is 9.97 Å². The van der Waals surface area contributed by atoms with Gasteiger partial charge in [0.15, 0.2) is 17.4 Å². The fourth-order valence-electron chi connectivity index (χ4n) is 4.08. The Morgan fingerprint density at radius 2 is 1.43 bits per heavy atom. The Balaban J connectivity index is 1.48. The van der Waals surface area contributed by atoms with Gasteiger partial charge in [0.25, 0.3) is 0 Å². The normalized spacial score (nSPS) is 10.9. The largest absolute Gasteiger partial charge is 0.420 e. The first-order valence-corrected chi connectivity index (χ1v) is 13.0. The van der Waals surface area contributed by atoms with E-state index in [0.717, 1.165) is 42.4 Å². The fourth-order valence-corrected chi connectivity index (χ4v) is 4.08. The number of aryl methyl sites for hydroxylation is 2. The lowest BCUT2D eigenvalue weighted by Crippen LogP contribution is -2.09. The first kappa shape index (κ1) is 26.5. The molecule has 0 aliphatic carbocycles. The van der Waals surface area contributed by atoms with Crippen LogP contribution < -0.4 is 4.74 Å². The molecule has 0 aliphatic heterocycles. The molecule has 35 heavy (non-hydrogen) atoms. The Kier molecular flexibility index (Phi) is 10.9. The smallest absolute Gasteiger partial charge is 0.343 e. The predicted molar refractivity (Wildman–Crippen MR) is 139 cm³/mol. The summed E-state index contributed by atoms with van der Waals surface area (Å²) in [4.78, 5) is 21.5. The summed E-state index contributed by atoms with van der Waals surface area (Å²) in [5.74, 6) is -0.571. The van der Waals surface area contributed by atoms with Crippen molar-refractivity contribution in [2.24, 2.45) is 0 Å². The molecule has 0 spiro atoms. The molecule has 0 saturated heterocycles. The maximum Gasteiger partial charge on any atom is 0.343 e. The quantitative estimate of drug-likeness (QED) is 0.134. The third kappa shape index (κ3) is 8.57. The van der Waals surface area contributed by atoms with E-state index in [9.17, 15) is 9.18 Å². The summed E-state index contributed by atoms with van der Waals surface area (Å²) >= 11 is 0. The number of nitrogens with zero attached hydrogens (tertiary/aromatic N) is 2. The number of unbranched alkanes of at least 4 members (excludes halogenated alkanes) is 7. The van der Waals surface area contributed by atoms with Gasteiger partial charge < -0.3 is 4.74 Å². The van der Waals surface area contributed by atoms with Gasteiger partial charge in [-0.25, -0.2) is 19.2 Å². The molecule has 3 rings (SSSR count). The van der Waals surface area contributed by atoms with Gasteiger partial charge in [-0.2, -0.15) is 0 Å². The van der Waals surface area contributed by atoms with Crippen LogP contribution in [0.5, 0.6) is 5.75 Å². The standard InChI is InChI=1S/C30H37FN2O2/c1-3-5-6-7-8-9-10-11-13-24-21-32-29(33-22-24)25-15-17-26(18-16-25)30(34)35-28-19-14-23(12-4-2)20-27(28)31/h14-22H,3-13H2,1-2H3. The highest BCUT2D eigenvalue weighted by Gasteiger charge is 2.13. The molecule has 1 aromatic heterocycles. The van der Waals surface area contributed by atoms with E-state index in [2.05, 4.69) is 16.9 Å². The highest BCUT2D eigenvalue weighted by molar-refractivity contribution is 5.91. The third-order valence-corrected chi connectivity index (χ3v) is 6.14. The Morgan fingerprint density at radius 1 is 0.771 bits per heavy atom. The van der Waals surface area contributed by atoms with Crippen LogP contribution in [-0.4, -0.2) is 15.9 Å². The molecule has 0 radical (unpaired) electrons. The van der Waals surface area contributed by atoms with Crippen molar-refractivity contribution in [1.29, 1.82) is 0 Å². The minimum atomic E-state index is -0.597. The lowest BCUT2D eigenvalue weighted by atomic mass is 10.1. The van der Waals surface area contributed by atoms with Gasteiger partial charge in [0.1, 0.15) is 0 Å². The van der Waals surface area contributed by atoms with Crippen molar-refractivity contribution in [3.05, 3.63) is 77.4 Å². The van der Waals surface area contributed by atoms with E-state index >= 15 is 0 Å². The van der Waals surface area contributed by atoms with Crippen LogP contribution in [0.4, 0.5) is 4.39 Å². The summed E-state index contributed by atoms with van der Waals surface area (Å²) in [6, 6.07) is 11.6. The number of aromatic nitrogens is 2. The van der Waals surface area contributed by atoms with E-state index in [4.69, 9.17) is 4.74 Å². The van der Waals surface area contributed by atoms with Gasteiger partial charge in [-0.05, 0) is 54.7 Å². The molecule has 0 saturated carbocycles. The second-order valence-electron chi connectivity index (χ2n) is 9.12. The Bertz CT molecular complexity index is 1050.